The summed E-state index contributed by atoms with van der Waals surface area (Å²) in [5.41, 5.74) is 2.72. The minimum absolute atomic E-state index is 0.170. The average molecular weight is 337 g/mol. The zero-order chi connectivity index (χ0) is 16.9. The Morgan fingerprint density at radius 2 is 1.88 bits per heavy atom. The van der Waals surface area contributed by atoms with Crippen LogP contribution in [0.15, 0.2) is 54.2 Å². The lowest BCUT2D eigenvalue weighted by Crippen LogP contribution is -2.29. The molecule has 1 N–H and O–H groups in total. The molecule has 1 aromatic carbocycles. The fraction of sp³-hybridized carbons (Fsp3) is 0.211. The Bertz CT molecular complexity index is 796. The molecule has 0 aliphatic heterocycles. The number of carbonyl (C=O) groups excluding carboxylic acids is 1. The van der Waals surface area contributed by atoms with E-state index < -0.39 is 0 Å². The van der Waals surface area contributed by atoms with E-state index in [9.17, 15) is 4.79 Å². The number of amides is 1. The maximum atomic E-state index is 12.6. The summed E-state index contributed by atoms with van der Waals surface area (Å²) in [6.07, 6.45) is 3.92. The molecule has 2 heterocycles. The summed E-state index contributed by atoms with van der Waals surface area (Å²) >= 11 is 1.63. The zero-order valence-electron chi connectivity index (χ0n) is 13.7. The smallest absolute Gasteiger partial charge is 0.255 e. The first-order valence-electron chi connectivity index (χ1n) is 7.89. The van der Waals surface area contributed by atoms with Crippen LogP contribution < -0.4 is 5.32 Å². The van der Waals surface area contributed by atoms with Crippen LogP contribution in [0, 0.1) is 6.92 Å². The Hall–Kier alpha value is -2.53. The summed E-state index contributed by atoms with van der Waals surface area (Å²) in [6, 6.07) is 12.1. The van der Waals surface area contributed by atoms with Gasteiger partial charge in [0.15, 0.2) is 0 Å². The summed E-state index contributed by atoms with van der Waals surface area (Å²) in [4.78, 5) is 22.1. The number of hydrogen-bond acceptors (Lipinski definition) is 4. The summed E-state index contributed by atoms with van der Waals surface area (Å²) in [7, 11) is 0. The normalized spacial score (nSPS) is 11.9. The van der Waals surface area contributed by atoms with E-state index in [0.717, 1.165) is 22.7 Å². The van der Waals surface area contributed by atoms with Crippen molar-refractivity contribution >= 4 is 17.2 Å². The Balaban J connectivity index is 1.86. The lowest BCUT2D eigenvalue weighted by atomic mass is 10.0. The molecule has 0 fully saturated rings. The molecule has 2 aromatic heterocycles. The predicted octanol–water partition coefficient (Wildman–Crippen LogP) is 3.93. The third kappa shape index (κ3) is 3.68. The fourth-order valence-corrected chi connectivity index (χ4v) is 3.20. The number of aromatic nitrogens is 2. The number of aryl methyl sites for hydroxylation is 2. The molecule has 24 heavy (non-hydrogen) atoms. The second-order valence-corrected chi connectivity index (χ2v) is 6.55. The van der Waals surface area contributed by atoms with Gasteiger partial charge in [0.05, 0.1) is 11.6 Å². The lowest BCUT2D eigenvalue weighted by Gasteiger charge is -2.18. The van der Waals surface area contributed by atoms with Crippen molar-refractivity contribution in [3.63, 3.8) is 0 Å². The topological polar surface area (TPSA) is 54.9 Å². The van der Waals surface area contributed by atoms with Gasteiger partial charge in [0, 0.05) is 23.7 Å². The quantitative estimate of drug-likeness (QED) is 0.767. The summed E-state index contributed by atoms with van der Waals surface area (Å²) in [5, 5.41) is 5.12. The number of nitrogens with zero attached hydrogens (tertiary/aromatic N) is 2. The maximum Gasteiger partial charge on any atom is 0.255 e. The Kier molecular flexibility index (Phi) is 5.01. The molecule has 1 amide bonds. The van der Waals surface area contributed by atoms with E-state index in [0.29, 0.717) is 5.56 Å². The van der Waals surface area contributed by atoms with Crippen LogP contribution in [0.3, 0.4) is 0 Å². The fourth-order valence-electron chi connectivity index (χ4n) is 2.40. The molecule has 0 unspecified atom stereocenters. The highest BCUT2D eigenvalue weighted by Crippen LogP contribution is 2.26. The summed E-state index contributed by atoms with van der Waals surface area (Å²) in [6.45, 7) is 4.04. The number of rotatable bonds is 5. The van der Waals surface area contributed by atoms with Crippen LogP contribution >= 0.6 is 11.3 Å². The third-order valence-corrected chi connectivity index (χ3v) is 4.73. The summed E-state index contributed by atoms with van der Waals surface area (Å²) in [5.74, 6) is 0.566. The van der Waals surface area contributed by atoms with Crippen LogP contribution in [0.4, 0.5) is 0 Å². The van der Waals surface area contributed by atoms with Gasteiger partial charge < -0.3 is 5.32 Å². The molecule has 0 aliphatic carbocycles. The van der Waals surface area contributed by atoms with Gasteiger partial charge in [-0.1, -0.05) is 42.8 Å². The molecular weight excluding hydrogens is 318 g/mol. The maximum absolute atomic E-state index is 12.6. The van der Waals surface area contributed by atoms with Crippen LogP contribution in [-0.2, 0) is 6.42 Å². The molecule has 0 saturated heterocycles. The van der Waals surface area contributed by atoms with Gasteiger partial charge in [0.1, 0.15) is 5.82 Å². The van der Waals surface area contributed by atoms with Crippen molar-refractivity contribution in [2.45, 2.75) is 26.3 Å². The summed E-state index contributed by atoms with van der Waals surface area (Å²) < 4.78 is 0. The largest absolute Gasteiger partial charge is 0.340 e. The molecule has 0 radical (unpaired) electrons. The number of hydrogen-bond donors (Lipinski definition) is 1. The standard InChI is InChI=1S/C19H19N3OS/c1-3-17-20-11-15(12-21-17)19(23)22-18(16-5-4-10-24-16)14-8-6-13(2)7-9-14/h4-12,18H,3H2,1-2H3,(H,22,23)/t18-/m1/s1. The van der Waals surface area contributed by atoms with Gasteiger partial charge in [-0.15, -0.1) is 11.3 Å². The molecule has 5 heteroatoms. The first-order valence-corrected chi connectivity index (χ1v) is 8.77. The van der Waals surface area contributed by atoms with Crippen LogP contribution in [0.5, 0.6) is 0 Å². The van der Waals surface area contributed by atoms with Crippen molar-refractivity contribution in [3.8, 4) is 0 Å². The van der Waals surface area contributed by atoms with Crippen molar-refractivity contribution in [1.82, 2.24) is 15.3 Å². The van der Waals surface area contributed by atoms with Gasteiger partial charge in [0.2, 0.25) is 0 Å². The molecule has 1 atom stereocenters. The van der Waals surface area contributed by atoms with Crippen LogP contribution in [-0.4, -0.2) is 15.9 Å². The van der Waals surface area contributed by atoms with Crippen LogP contribution in [0.2, 0.25) is 0 Å². The second kappa shape index (κ2) is 7.36. The minimum Gasteiger partial charge on any atom is -0.340 e. The highest BCUT2D eigenvalue weighted by molar-refractivity contribution is 7.10. The van der Waals surface area contributed by atoms with E-state index in [1.165, 1.54) is 5.56 Å². The van der Waals surface area contributed by atoms with Gasteiger partial charge in [-0.2, -0.15) is 0 Å². The lowest BCUT2D eigenvalue weighted by molar-refractivity contribution is 0.0942. The zero-order valence-corrected chi connectivity index (χ0v) is 14.5. The van der Waals surface area contributed by atoms with Crippen molar-refractivity contribution in [3.05, 3.63) is 81.6 Å². The first kappa shape index (κ1) is 16.3. The second-order valence-electron chi connectivity index (χ2n) is 5.57. The number of nitrogens with one attached hydrogen (secondary N) is 1. The molecular formula is C19H19N3OS. The van der Waals surface area contributed by atoms with Crippen molar-refractivity contribution in [1.29, 1.82) is 0 Å². The third-order valence-electron chi connectivity index (χ3n) is 3.80. The van der Waals surface area contributed by atoms with Gasteiger partial charge in [-0.3, -0.25) is 4.79 Å². The monoisotopic (exact) mass is 337 g/mol. The molecule has 0 saturated carbocycles. The molecule has 0 bridgehead atoms. The predicted molar refractivity (Wildman–Crippen MR) is 96.2 cm³/mol. The van der Waals surface area contributed by atoms with E-state index in [-0.39, 0.29) is 11.9 Å². The average Bonchev–Trinajstić information content (AvgIpc) is 3.15. The molecule has 122 valence electrons. The van der Waals surface area contributed by atoms with Gasteiger partial charge in [-0.05, 0) is 23.9 Å². The van der Waals surface area contributed by atoms with E-state index >= 15 is 0 Å². The number of thiophene rings is 1. The minimum atomic E-state index is -0.177. The molecule has 0 aliphatic rings. The number of benzene rings is 1. The van der Waals surface area contributed by atoms with Crippen molar-refractivity contribution in [2.75, 3.05) is 0 Å². The molecule has 0 spiro atoms. The molecule has 4 nitrogen and oxygen atoms in total. The highest BCUT2D eigenvalue weighted by Gasteiger charge is 2.19. The van der Waals surface area contributed by atoms with E-state index in [1.54, 1.807) is 23.7 Å². The van der Waals surface area contributed by atoms with E-state index in [2.05, 4.69) is 46.5 Å². The van der Waals surface area contributed by atoms with Gasteiger partial charge >= 0.3 is 0 Å². The van der Waals surface area contributed by atoms with Crippen LogP contribution in [0.25, 0.3) is 0 Å². The number of carbonyl (C=O) groups is 1. The molecule has 3 aromatic rings. The Labute approximate surface area is 145 Å². The Morgan fingerprint density at radius 3 is 2.46 bits per heavy atom. The first-order chi connectivity index (χ1) is 11.7. The van der Waals surface area contributed by atoms with E-state index in [1.807, 2.05) is 24.4 Å². The Morgan fingerprint density at radius 1 is 1.17 bits per heavy atom. The van der Waals surface area contributed by atoms with Gasteiger partial charge in [-0.25, -0.2) is 9.97 Å². The SMILES string of the molecule is CCc1ncc(C(=O)N[C@H](c2ccc(C)cc2)c2cccs2)cn1. The van der Waals surface area contributed by atoms with Gasteiger partial charge in [0.25, 0.3) is 5.91 Å². The highest BCUT2D eigenvalue weighted by atomic mass is 32.1. The van der Waals surface area contributed by atoms with Crippen LogP contribution in [0.1, 0.15) is 45.2 Å². The van der Waals surface area contributed by atoms with Crippen molar-refractivity contribution in [2.24, 2.45) is 0 Å². The van der Waals surface area contributed by atoms with E-state index in [4.69, 9.17) is 0 Å². The molecule has 3 rings (SSSR count). The van der Waals surface area contributed by atoms with Crippen molar-refractivity contribution < 1.29 is 4.79 Å².